The molecule has 0 bridgehead atoms. The zero-order chi connectivity index (χ0) is 10.8. The van der Waals surface area contributed by atoms with E-state index in [1.807, 2.05) is 0 Å². The molecular weight excluding hydrogens is 174 g/mol. The minimum absolute atomic E-state index is 0.315. The molecule has 0 radical (unpaired) electrons. The molecule has 1 unspecified atom stereocenters. The lowest BCUT2D eigenvalue weighted by Gasteiger charge is -2.23. The Balaban J connectivity index is 2.26. The maximum Gasteiger partial charge on any atom is 0.134 e. The van der Waals surface area contributed by atoms with Crippen LogP contribution < -0.4 is 0 Å². The van der Waals surface area contributed by atoms with Gasteiger partial charge in [-0.1, -0.05) is 20.8 Å². The topological polar surface area (TPSA) is 20.3 Å². The van der Waals surface area contributed by atoms with E-state index in [0.717, 1.165) is 26.1 Å². The van der Waals surface area contributed by atoms with Gasteiger partial charge >= 0.3 is 0 Å². The molecule has 2 nitrogen and oxygen atoms in total. The average molecular weight is 197 g/mol. The molecule has 0 spiro atoms. The van der Waals surface area contributed by atoms with Gasteiger partial charge in [0.1, 0.15) is 5.78 Å². The number of Topliss-reactive ketones (excluding diaryl/α,β-unsaturated/α-hetero) is 1. The van der Waals surface area contributed by atoms with Crippen LogP contribution in [-0.2, 0) is 4.79 Å². The van der Waals surface area contributed by atoms with Crippen LogP contribution in [0, 0.1) is 11.3 Å². The van der Waals surface area contributed by atoms with Gasteiger partial charge in [0.25, 0.3) is 0 Å². The van der Waals surface area contributed by atoms with Crippen molar-refractivity contribution < 1.29 is 4.79 Å². The number of hydrogen-bond acceptors (Lipinski definition) is 2. The van der Waals surface area contributed by atoms with E-state index in [1.165, 1.54) is 6.42 Å². The van der Waals surface area contributed by atoms with Crippen LogP contribution in [0.4, 0.5) is 0 Å². The second-order valence-electron chi connectivity index (χ2n) is 5.71. The predicted molar refractivity (Wildman–Crippen MR) is 59.3 cm³/mol. The molecule has 0 aromatic rings. The largest absolute Gasteiger partial charge is 0.303 e. The maximum atomic E-state index is 11.2. The fourth-order valence-electron chi connectivity index (χ4n) is 1.86. The Morgan fingerprint density at radius 3 is 2.50 bits per heavy atom. The van der Waals surface area contributed by atoms with Gasteiger partial charge in [-0.15, -0.1) is 0 Å². The van der Waals surface area contributed by atoms with Crippen LogP contribution in [0.5, 0.6) is 0 Å². The smallest absolute Gasteiger partial charge is 0.134 e. The lowest BCUT2D eigenvalue weighted by atomic mass is 9.92. The third-order valence-corrected chi connectivity index (χ3v) is 3.03. The number of carbonyl (C=O) groups excluding carboxylic acids is 1. The quantitative estimate of drug-likeness (QED) is 0.692. The van der Waals surface area contributed by atoms with Crippen LogP contribution in [0.1, 0.15) is 40.5 Å². The zero-order valence-electron chi connectivity index (χ0n) is 9.97. The molecule has 2 heteroatoms. The third-order valence-electron chi connectivity index (χ3n) is 3.03. The highest BCUT2D eigenvalue weighted by Crippen LogP contribution is 2.22. The van der Waals surface area contributed by atoms with Crippen molar-refractivity contribution in [2.75, 3.05) is 19.6 Å². The number of rotatable bonds is 3. The standard InChI is InChI=1S/C12H23NO/c1-10(14)11-5-7-13(9-11)8-6-12(2,3)4/h11H,5-9H2,1-4H3. The van der Waals surface area contributed by atoms with Crippen LogP contribution in [0.3, 0.4) is 0 Å². The van der Waals surface area contributed by atoms with E-state index in [9.17, 15) is 4.79 Å². The summed E-state index contributed by atoms with van der Waals surface area (Å²) in [6, 6.07) is 0. The number of ketones is 1. The van der Waals surface area contributed by atoms with Gasteiger partial charge in [-0.25, -0.2) is 0 Å². The zero-order valence-corrected chi connectivity index (χ0v) is 9.97. The first-order valence-corrected chi connectivity index (χ1v) is 5.61. The highest BCUT2D eigenvalue weighted by atomic mass is 16.1. The summed E-state index contributed by atoms with van der Waals surface area (Å²) >= 11 is 0. The first-order valence-electron chi connectivity index (χ1n) is 5.61. The highest BCUT2D eigenvalue weighted by molar-refractivity contribution is 5.78. The molecule has 0 aromatic heterocycles. The van der Waals surface area contributed by atoms with Crippen molar-refractivity contribution in [2.24, 2.45) is 11.3 Å². The van der Waals surface area contributed by atoms with E-state index in [4.69, 9.17) is 0 Å². The molecule has 82 valence electrons. The van der Waals surface area contributed by atoms with Gasteiger partial charge in [0.15, 0.2) is 0 Å². The van der Waals surface area contributed by atoms with Crippen LogP contribution in [0.25, 0.3) is 0 Å². The second kappa shape index (κ2) is 4.43. The van der Waals surface area contributed by atoms with Gasteiger partial charge in [-0.2, -0.15) is 0 Å². The summed E-state index contributed by atoms with van der Waals surface area (Å²) < 4.78 is 0. The van der Waals surface area contributed by atoms with Gasteiger partial charge < -0.3 is 4.90 Å². The lowest BCUT2D eigenvalue weighted by molar-refractivity contribution is -0.120. The summed E-state index contributed by atoms with van der Waals surface area (Å²) in [6.07, 6.45) is 2.29. The van der Waals surface area contributed by atoms with Gasteiger partial charge in [0.2, 0.25) is 0 Å². The summed E-state index contributed by atoms with van der Waals surface area (Å²) in [6.45, 7) is 11.8. The Kier molecular flexibility index (Phi) is 3.71. The highest BCUT2D eigenvalue weighted by Gasteiger charge is 2.26. The molecule has 1 aliphatic rings. The number of nitrogens with zero attached hydrogens (tertiary/aromatic N) is 1. The maximum absolute atomic E-state index is 11.2. The van der Waals surface area contributed by atoms with Crippen LogP contribution in [-0.4, -0.2) is 30.3 Å². The summed E-state index contributed by atoms with van der Waals surface area (Å²) in [5, 5.41) is 0. The first kappa shape index (κ1) is 11.7. The van der Waals surface area contributed by atoms with Crippen molar-refractivity contribution in [1.29, 1.82) is 0 Å². The molecular formula is C12H23NO. The molecule has 1 rings (SSSR count). The van der Waals surface area contributed by atoms with E-state index in [1.54, 1.807) is 6.92 Å². The molecule has 1 fully saturated rings. The average Bonchev–Trinajstić information content (AvgIpc) is 2.47. The van der Waals surface area contributed by atoms with Crippen molar-refractivity contribution in [3.05, 3.63) is 0 Å². The molecule has 0 aromatic carbocycles. The fourth-order valence-corrected chi connectivity index (χ4v) is 1.86. The van der Waals surface area contributed by atoms with E-state index in [-0.39, 0.29) is 0 Å². The Bertz CT molecular complexity index is 205. The number of likely N-dealkylation sites (tertiary alicyclic amines) is 1. The van der Waals surface area contributed by atoms with E-state index < -0.39 is 0 Å². The van der Waals surface area contributed by atoms with E-state index >= 15 is 0 Å². The normalized spacial score (nSPS) is 24.1. The summed E-state index contributed by atoms with van der Waals surface area (Å²) in [4.78, 5) is 13.6. The molecule has 0 saturated carbocycles. The summed E-state index contributed by atoms with van der Waals surface area (Å²) in [5.41, 5.74) is 0.411. The Morgan fingerprint density at radius 1 is 1.43 bits per heavy atom. The summed E-state index contributed by atoms with van der Waals surface area (Å²) in [7, 11) is 0. The van der Waals surface area contributed by atoms with Crippen molar-refractivity contribution in [3.8, 4) is 0 Å². The van der Waals surface area contributed by atoms with Gasteiger partial charge in [-0.3, -0.25) is 4.79 Å². The molecule has 1 atom stereocenters. The van der Waals surface area contributed by atoms with Crippen molar-refractivity contribution in [3.63, 3.8) is 0 Å². The third kappa shape index (κ3) is 3.79. The summed E-state index contributed by atoms with van der Waals surface area (Å²) in [5.74, 6) is 0.679. The van der Waals surface area contributed by atoms with Gasteiger partial charge in [0.05, 0.1) is 0 Å². The fraction of sp³-hybridized carbons (Fsp3) is 0.917. The van der Waals surface area contributed by atoms with Crippen molar-refractivity contribution in [2.45, 2.75) is 40.5 Å². The Labute approximate surface area is 87.7 Å². The molecule has 1 heterocycles. The van der Waals surface area contributed by atoms with Crippen LogP contribution in [0.15, 0.2) is 0 Å². The molecule has 1 aliphatic heterocycles. The molecule has 14 heavy (non-hydrogen) atoms. The van der Waals surface area contributed by atoms with E-state index in [0.29, 0.717) is 17.1 Å². The Hall–Kier alpha value is -0.370. The van der Waals surface area contributed by atoms with Crippen molar-refractivity contribution >= 4 is 5.78 Å². The van der Waals surface area contributed by atoms with Crippen LogP contribution in [0.2, 0.25) is 0 Å². The van der Waals surface area contributed by atoms with E-state index in [2.05, 4.69) is 25.7 Å². The van der Waals surface area contributed by atoms with Gasteiger partial charge in [0, 0.05) is 12.5 Å². The SMILES string of the molecule is CC(=O)C1CCN(CCC(C)(C)C)C1. The molecule has 0 N–H and O–H groups in total. The number of carbonyl (C=O) groups is 1. The molecule has 0 amide bonds. The lowest BCUT2D eigenvalue weighted by Crippen LogP contribution is -2.26. The monoisotopic (exact) mass is 197 g/mol. The Morgan fingerprint density at radius 2 is 2.07 bits per heavy atom. The second-order valence-corrected chi connectivity index (χ2v) is 5.71. The number of hydrogen-bond donors (Lipinski definition) is 0. The molecule has 1 saturated heterocycles. The minimum Gasteiger partial charge on any atom is -0.303 e. The molecule has 0 aliphatic carbocycles. The van der Waals surface area contributed by atoms with Crippen molar-refractivity contribution in [1.82, 2.24) is 4.90 Å². The van der Waals surface area contributed by atoms with Gasteiger partial charge in [-0.05, 0) is 38.3 Å². The minimum atomic E-state index is 0.315. The predicted octanol–water partition coefficient (Wildman–Crippen LogP) is 2.33. The van der Waals surface area contributed by atoms with Crippen LogP contribution >= 0.6 is 0 Å². The first-order chi connectivity index (χ1) is 6.38.